The lowest BCUT2D eigenvalue weighted by atomic mass is 10.1. The second-order valence-corrected chi connectivity index (χ2v) is 8.34. The first kappa shape index (κ1) is 17.3. The van der Waals surface area contributed by atoms with Crippen LogP contribution in [0, 0.1) is 5.41 Å². The number of carbonyl (C=O) groups is 2. The zero-order valence-corrected chi connectivity index (χ0v) is 16.0. The molecule has 148 valence electrons. The van der Waals surface area contributed by atoms with E-state index in [0.717, 1.165) is 49.3 Å². The van der Waals surface area contributed by atoms with Crippen LogP contribution in [0.3, 0.4) is 0 Å². The van der Waals surface area contributed by atoms with Gasteiger partial charge in [-0.15, -0.1) is 0 Å². The summed E-state index contributed by atoms with van der Waals surface area (Å²) in [5.74, 6) is 0.964. The van der Waals surface area contributed by atoms with E-state index in [1.54, 1.807) is 11.2 Å². The molecule has 3 amide bonds. The predicted octanol–water partition coefficient (Wildman–Crippen LogP) is 0.800. The quantitative estimate of drug-likeness (QED) is 0.817. The van der Waals surface area contributed by atoms with Crippen molar-refractivity contribution in [3.63, 3.8) is 0 Å². The minimum atomic E-state index is -0.144. The molecule has 2 N–H and O–H groups in total. The molecule has 0 radical (unpaired) electrons. The highest BCUT2D eigenvalue weighted by Crippen LogP contribution is 2.48. The van der Waals surface area contributed by atoms with Crippen LogP contribution < -0.4 is 10.2 Å². The van der Waals surface area contributed by atoms with E-state index in [2.05, 4.69) is 25.2 Å². The van der Waals surface area contributed by atoms with Crippen molar-refractivity contribution in [1.82, 2.24) is 30.1 Å². The zero-order chi connectivity index (χ0) is 19.3. The van der Waals surface area contributed by atoms with Gasteiger partial charge in [0.2, 0.25) is 5.91 Å². The van der Waals surface area contributed by atoms with Crippen molar-refractivity contribution in [1.29, 1.82) is 0 Å². The summed E-state index contributed by atoms with van der Waals surface area (Å²) < 4.78 is 0. The molecule has 2 aromatic rings. The van der Waals surface area contributed by atoms with E-state index >= 15 is 0 Å². The molecule has 2 aromatic heterocycles. The molecular formula is C19H25N7O2. The lowest BCUT2D eigenvalue weighted by Gasteiger charge is -2.27. The number of anilines is 1. The number of aromatic amines is 1. The molecule has 9 heteroatoms. The fourth-order valence-electron chi connectivity index (χ4n) is 4.38. The third kappa shape index (κ3) is 2.94. The van der Waals surface area contributed by atoms with Gasteiger partial charge in [0.15, 0.2) is 0 Å². The Balaban J connectivity index is 1.35. The molecule has 0 bridgehead atoms. The highest BCUT2D eigenvalue weighted by Gasteiger charge is 2.48. The monoisotopic (exact) mass is 383 g/mol. The van der Waals surface area contributed by atoms with Gasteiger partial charge in [-0.05, 0) is 25.8 Å². The minimum Gasteiger partial charge on any atom is -0.354 e. The van der Waals surface area contributed by atoms with Crippen molar-refractivity contribution < 1.29 is 9.59 Å². The number of rotatable bonds is 3. The molecule has 1 saturated carbocycles. The van der Waals surface area contributed by atoms with Crippen molar-refractivity contribution in [2.45, 2.75) is 25.8 Å². The van der Waals surface area contributed by atoms with Crippen LogP contribution in [0.4, 0.5) is 10.6 Å². The van der Waals surface area contributed by atoms with E-state index in [-0.39, 0.29) is 29.9 Å². The van der Waals surface area contributed by atoms with Crippen LogP contribution in [-0.2, 0) is 4.79 Å². The van der Waals surface area contributed by atoms with Crippen molar-refractivity contribution in [2.75, 3.05) is 44.2 Å². The number of hydrogen-bond donors (Lipinski definition) is 2. The van der Waals surface area contributed by atoms with Gasteiger partial charge in [0.05, 0.1) is 5.39 Å². The Labute approximate surface area is 163 Å². The Hall–Kier alpha value is -2.84. The van der Waals surface area contributed by atoms with Crippen LogP contribution in [0.1, 0.15) is 19.8 Å². The largest absolute Gasteiger partial charge is 0.354 e. The second-order valence-electron chi connectivity index (χ2n) is 8.34. The Bertz CT molecular complexity index is 922. The van der Waals surface area contributed by atoms with Crippen molar-refractivity contribution >= 4 is 28.8 Å². The van der Waals surface area contributed by atoms with Gasteiger partial charge in [-0.2, -0.15) is 0 Å². The Kier molecular flexibility index (Phi) is 3.92. The molecule has 2 saturated heterocycles. The van der Waals surface area contributed by atoms with Gasteiger partial charge >= 0.3 is 6.03 Å². The number of urea groups is 1. The topological polar surface area (TPSA) is 97.5 Å². The average molecular weight is 383 g/mol. The molecular weight excluding hydrogens is 358 g/mol. The van der Waals surface area contributed by atoms with Crippen LogP contribution in [0.15, 0.2) is 18.6 Å². The summed E-state index contributed by atoms with van der Waals surface area (Å²) >= 11 is 0. The molecule has 1 atom stereocenters. The van der Waals surface area contributed by atoms with Crippen LogP contribution in [0.2, 0.25) is 0 Å². The predicted molar refractivity (Wildman–Crippen MR) is 104 cm³/mol. The molecule has 3 fully saturated rings. The smallest absolute Gasteiger partial charge is 0.318 e. The minimum absolute atomic E-state index is 0.0338. The summed E-state index contributed by atoms with van der Waals surface area (Å²) in [6.45, 7) is 5.74. The molecule has 4 heterocycles. The maximum atomic E-state index is 13.0. The fraction of sp³-hybridized carbons (Fsp3) is 0.579. The third-order valence-electron chi connectivity index (χ3n) is 6.28. The highest BCUT2D eigenvalue weighted by molar-refractivity contribution is 5.88. The highest BCUT2D eigenvalue weighted by atomic mass is 16.2. The van der Waals surface area contributed by atoms with Gasteiger partial charge in [0.1, 0.15) is 24.3 Å². The van der Waals surface area contributed by atoms with Gasteiger partial charge in [-0.3, -0.25) is 4.79 Å². The number of nitrogens with one attached hydrogen (secondary N) is 2. The van der Waals surface area contributed by atoms with Crippen LogP contribution in [0.5, 0.6) is 0 Å². The van der Waals surface area contributed by atoms with E-state index in [1.807, 2.05) is 24.1 Å². The Morgan fingerprint density at radius 1 is 1.29 bits per heavy atom. The van der Waals surface area contributed by atoms with Gasteiger partial charge in [-0.25, -0.2) is 14.8 Å². The number of carbonyl (C=O) groups excluding carboxylic acids is 2. The van der Waals surface area contributed by atoms with E-state index < -0.39 is 0 Å². The first-order valence-electron chi connectivity index (χ1n) is 9.90. The van der Waals surface area contributed by atoms with Gasteiger partial charge < -0.3 is 25.0 Å². The standard InChI is InChI=1S/C19H25N7O2/c1-13-8-21-18(28)26(13)9-15(27)24-6-7-25(11-19(10-24)3-4-19)17-14-2-5-20-16(14)22-12-23-17/h2,5,12-13H,3-4,6-11H2,1H3,(H,21,28)(H,20,22,23). The number of amides is 3. The Morgan fingerprint density at radius 2 is 2.14 bits per heavy atom. The molecule has 1 aliphatic carbocycles. The zero-order valence-electron chi connectivity index (χ0n) is 16.0. The second kappa shape index (κ2) is 6.35. The number of nitrogens with zero attached hydrogens (tertiary/aromatic N) is 5. The third-order valence-corrected chi connectivity index (χ3v) is 6.28. The lowest BCUT2D eigenvalue weighted by molar-refractivity contribution is -0.132. The van der Waals surface area contributed by atoms with Gasteiger partial charge in [0.25, 0.3) is 0 Å². The van der Waals surface area contributed by atoms with Gasteiger partial charge in [-0.1, -0.05) is 0 Å². The summed E-state index contributed by atoms with van der Waals surface area (Å²) in [5.41, 5.74) is 0.972. The molecule has 2 aliphatic heterocycles. The summed E-state index contributed by atoms with van der Waals surface area (Å²) in [4.78, 5) is 42.8. The van der Waals surface area contributed by atoms with Crippen LogP contribution in [-0.4, -0.2) is 82.0 Å². The SMILES string of the molecule is CC1CNC(=O)N1CC(=O)N1CCN(c2ncnc3[nH]ccc23)CC2(CC2)C1. The number of hydrogen-bond acceptors (Lipinski definition) is 5. The molecule has 3 aliphatic rings. The first-order chi connectivity index (χ1) is 13.5. The summed E-state index contributed by atoms with van der Waals surface area (Å²) in [7, 11) is 0. The lowest BCUT2D eigenvalue weighted by Crippen LogP contribution is -2.45. The maximum Gasteiger partial charge on any atom is 0.318 e. The van der Waals surface area contributed by atoms with E-state index in [1.165, 1.54) is 0 Å². The van der Waals surface area contributed by atoms with Gasteiger partial charge in [0, 0.05) is 50.4 Å². The van der Waals surface area contributed by atoms with Crippen molar-refractivity contribution in [2.24, 2.45) is 5.41 Å². The van der Waals surface area contributed by atoms with Crippen molar-refractivity contribution in [3.05, 3.63) is 18.6 Å². The number of fused-ring (bicyclic) bond motifs is 1. The molecule has 1 unspecified atom stereocenters. The molecule has 1 spiro atoms. The summed E-state index contributed by atoms with van der Waals surface area (Å²) in [5, 5.41) is 3.82. The van der Waals surface area contributed by atoms with Crippen LogP contribution in [0.25, 0.3) is 11.0 Å². The van der Waals surface area contributed by atoms with Crippen molar-refractivity contribution in [3.8, 4) is 0 Å². The normalized spacial score (nSPS) is 24.0. The first-order valence-corrected chi connectivity index (χ1v) is 9.90. The number of H-pyrrole nitrogens is 1. The summed E-state index contributed by atoms with van der Waals surface area (Å²) in [6.07, 6.45) is 5.71. The molecule has 9 nitrogen and oxygen atoms in total. The number of aromatic nitrogens is 3. The average Bonchev–Trinajstić information content (AvgIpc) is 3.22. The molecule has 5 rings (SSSR count). The fourth-order valence-corrected chi connectivity index (χ4v) is 4.38. The van der Waals surface area contributed by atoms with E-state index in [0.29, 0.717) is 13.1 Å². The van der Waals surface area contributed by atoms with E-state index in [9.17, 15) is 9.59 Å². The summed E-state index contributed by atoms with van der Waals surface area (Å²) in [6, 6.07) is 1.91. The van der Waals surface area contributed by atoms with E-state index in [4.69, 9.17) is 0 Å². The Morgan fingerprint density at radius 3 is 2.89 bits per heavy atom. The molecule has 28 heavy (non-hydrogen) atoms. The molecule has 0 aromatic carbocycles. The van der Waals surface area contributed by atoms with Crippen LogP contribution >= 0.6 is 0 Å². The maximum absolute atomic E-state index is 13.0.